The van der Waals surface area contributed by atoms with Gasteiger partial charge in [-0.2, -0.15) is 4.31 Å². The molecule has 0 aliphatic carbocycles. The summed E-state index contributed by atoms with van der Waals surface area (Å²) in [6.45, 7) is 1.73. The van der Waals surface area contributed by atoms with Gasteiger partial charge in [0.25, 0.3) is 0 Å². The zero-order valence-corrected chi connectivity index (χ0v) is 10.7. The summed E-state index contributed by atoms with van der Waals surface area (Å²) in [6.07, 6.45) is 1.18. The maximum atomic E-state index is 11.3. The average Bonchev–Trinajstić information content (AvgIpc) is 2.77. The van der Waals surface area contributed by atoms with Crippen LogP contribution in [0.4, 0.5) is 5.88 Å². The van der Waals surface area contributed by atoms with Gasteiger partial charge < -0.3 is 14.4 Å². The highest BCUT2D eigenvalue weighted by molar-refractivity contribution is 7.88. The molecule has 2 heterocycles. The lowest BCUT2D eigenvalue weighted by molar-refractivity contribution is 0.0663. The summed E-state index contributed by atoms with van der Waals surface area (Å²) in [5, 5.41) is 8.75. The molecule has 100 valence electrons. The van der Waals surface area contributed by atoms with Crippen molar-refractivity contribution in [2.75, 3.05) is 37.3 Å². The van der Waals surface area contributed by atoms with Crippen LogP contribution in [0.25, 0.3) is 0 Å². The molecule has 2 rings (SSSR count). The molecule has 0 unspecified atom stereocenters. The minimum atomic E-state index is -3.16. The van der Waals surface area contributed by atoms with Crippen LogP contribution in [0.15, 0.2) is 16.5 Å². The summed E-state index contributed by atoms with van der Waals surface area (Å²) in [5.41, 5.74) is 0. The third-order valence-electron chi connectivity index (χ3n) is 2.82. The van der Waals surface area contributed by atoms with E-state index >= 15 is 0 Å². The number of piperazine rings is 1. The summed E-state index contributed by atoms with van der Waals surface area (Å²) < 4.78 is 29.2. The number of furan rings is 1. The third-order valence-corrected chi connectivity index (χ3v) is 4.13. The molecule has 0 saturated carbocycles. The van der Waals surface area contributed by atoms with Crippen molar-refractivity contribution in [3.63, 3.8) is 0 Å². The van der Waals surface area contributed by atoms with E-state index in [9.17, 15) is 13.2 Å². The molecule has 1 saturated heterocycles. The van der Waals surface area contributed by atoms with Crippen molar-refractivity contribution < 1.29 is 22.7 Å². The first-order chi connectivity index (χ1) is 8.38. The number of hydrogen-bond donors (Lipinski definition) is 1. The first-order valence-corrected chi connectivity index (χ1v) is 7.26. The second-order valence-electron chi connectivity index (χ2n) is 4.09. The van der Waals surface area contributed by atoms with E-state index in [1.54, 1.807) is 6.07 Å². The number of aromatic carboxylic acids is 1. The molecule has 0 spiro atoms. The summed E-state index contributed by atoms with van der Waals surface area (Å²) in [7, 11) is -3.16. The highest BCUT2D eigenvalue weighted by Crippen LogP contribution is 2.20. The van der Waals surface area contributed by atoms with Crippen LogP contribution in [0, 0.1) is 0 Å². The molecule has 0 bridgehead atoms. The summed E-state index contributed by atoms with van der Waals surface area (Å²) in [4.78, 5) is 12.5. The average molecular weight is 274 g/mol. The molecule has 0 aromatic carbocycles. The largest absolute Gasteiger partial charge is 0.475 e. The van der Waals surface area contributed by atoms with Crippen LogP contribution < -0.4 is 4.90 Å². The molecule has 0 radical (unpaired) electrons. The number of anilines is 1. The predicted molar refractivity (Wildman–Crippen MR) is 64.3 cm³/mol. The fourth-order valence-electron chi connectivity index (χ4n) is 1.85. The first kappa shape index (κ1) is 12.9. The highest BCUT2D eigenvalue weighted by atomic mass is 32.2. The number of rotatable bonds is 3. The monoisotopic (exact) mass is 274 g/mol. The van der Waals surface area contributed by atoms with Crippen molar-refractivity contribution in [2.45, 2.75) is 0 Å². The number of carboxylic acid groups (broad SMARTS) is 1. The molecule has 7 nitrogen and oxygen atoms in total. The minimum Gasteiger partial charge on any atom is -0.475 e. The maximum absolute atomic E-state index is 11.3. The molecule has 1 aromatic rings. The lowest BCUT2D eigenvalue weighted by Crippen LogP contribution is -2.48. The highest BCUT2D eigenvalue weighted by Gasteiger charge is 2.25. The van der Waals surface area contributed by atoms with Crippen LogP contribution in [0.2, 0.25) is 0 Å². The molecule has 0 atom stereocenters. The van der Waals surface area contributed by atoms with E-state index in [1.807, 2.05) is 4.90 Å². The topological polar surface area (TPSA) is 91.1 Å². The molecule has 0 amide bonds. The molecule has 1 aliphatic heterocycles. The van der Waals surface area contributed by atoms with E-state index in [0.717, 1.165) is 0 Å². The van der Waals surface area contributed by atoms with Crippen molar-refractivity contribution in [1.82, 2.24) is 4.31 Å². The van der Waals surface area contributed by atoms with Gasteiger partial charge >= 0.3 is 5.97 Å². The lowest BCUT2D eigenvalue weighted by Gasteiger charge is -2.32. The van der Waals surface area contributed by atoms with E-state index in [2.05, 4.69) is 0 Å². The second kappa shape index (κ2) is 4.62. The van der Waals surface area contributed by atoms with Crippen molar-refractivity contribution >= 4 is 21.9 Å². The maximum Gasteiger partial charge on any atom is 0.371 e. The normalized spacial score (nSPS) is 17.9. The summed E-state index contributed by atoms with van der Waals surface area (Å²) in [5.74, 6) is -0.771. The van der Waals surface area contributed by atoms with Gasteiger partial charge in [0.15, 0.2) is 5.88 Å². The number of nitrogens with zero attached hydrogens (tertiary/aromatic N) is 2. The predicted octanol–water partition coefficient (Wildman–Crippen LogP) is 0.0594. The van der Waals surface area contributed by atoms with Gasteiger partial charge in [0, 0.05) is 32.2 Å². The molecule has 18 heavy (non-hydrogen) atoms. The van der Waals surface area contributed by atoms with E-state index in [0.29, 0.717) is 32.1 Å². The smallest absolute Gasteiger partial charge is 0.371 e. The van der Waals surface area contributed by atoms with Gasteiger partial charge in [0.2, 0.25) is 15.8 Å². The van der Waals surface area contributed by atoms with E-state index < -0.39 is 16.0 Å². The quantitative estimate of drug-likeness (QED) is 0.838. The molecule has 8 heteroatoms. The van der Waals surface area contributed by atoms with Crippen LogP contribution in [0.3, 0.4) is 0 Å². The van der Waals surface area contributed by atoms with Crippen molar-refractivity contribution in [3.05, 3.63) is 17.9 Å². The minimum absolute atomic E-state index is 0.115. The summed E-state index contributed by atoms with van der Waals surface area (Å²) in [6, 6.07) is 2.97. The van der Waals surface area contributed by atoms with E-state index in [4.69, 9.17) is 9.52 Å². The zero-order chi connectivity index (χ0) is 13.3. The van der Waals surface area contributed by atoms with Gasteiger partial charge in [-0.05, 0) is 6.07 Å². The molecule has 1 aromatic heterocycles. The zero-order valence-electron chi connectivity index (χ0n) is 9.87. The van der Waals surface area contributed by atoms with Crippen molar-refractivity contribution in [3.8, 4) is 0 Å². The van der Waals surface area contributed by atoms with Gasteiger partial charge in [-0.3, -0.25) is 0 Å². The van der Waals surface area contributed by atoms with E-state index in [1.165, 1.54) is 16.6 Å². The Morgan fingerprint density at radius 3 is 2.33 bits per heavy atom. The molecular formula is C10H14N2O5S. The van der Waals surface area contributed by atoms with Crippen molar-refractivity contribution in [2.24, 2.45) is 0 Å². The Bertz CT molecular complexity index is 542. The third kappa shape index (κ3) is 2.65. The van der Waals surface area contributed by atoms with Crippen LogP contribution in [0.5, 0.6) is 0 Å². The lowest BCUT2D eigenvalue weighted by atomic mass is 10.3. The Morgan fingerprint density at radius 2 is 1.89 bits per heavy atom. The van der Waals surface area contributed by atoms with Crippen LogP contribution >= 0.6 is 0 Å². The Kier molecular flexibility index (Phi) is 3.31. The van der Waals surface area contributed by atoms with Gasteiger partial charge in [0.1, 0.15) is 0 Å². The Labute approximate surface area is 105 Å². The molecular weight excluding hydrogens is 260 g/mol. The molecule has 1 fully saturated rings. The number of carbonyl (C=O) groups is 1. The molecule has 1 aliphatic rings. The number of carboxylic acids is 1. The van der Waals surface area contributed by atoms with Crippen LogP contribution in [-0.2, 0) is 10.0 Å². The Hall–Kier alpha value is -1.54. The fraction of sp³-hybridized carbons (Fsp3) is 0.500. The van der Waals surface area contributed by atoms with Gasteiger partial charge in [-0.25, -0.2) is 13.2 Å². The number of sulfonamides is 1. The standard InChI is InChI=1S/C10H14N2O5S/c1-18(15,16)12-6-4-11(5-7-12)9-3-2-8(17-9)10(13)14/h2-3H,4-7H2,1H3,(H,13,14). The molecule has 1 N–H and O–H groups in total. The van der Waals surface area contributed by atoms with Crippen molar-refractivity contribution in [1.29, 1.82) is 0 Å². The van der Waals surface area contributed by atoms with Gasteiger partial charge in [-0.15, -0.1) is 0 Å². The van der Waals surface area contributed by atoms with Crippen LogP contribution in [-0.4, -0.2) is 56.2 Å². The Balaban J connectivity index is 2.03. The second-order valence-corrected chi connectivity index (χ2v) is 6.07. The van der Waals surface area contributed by atoms with E-state index in [-0.39, 0.29) is 5.76 Å². The van der Waals surface area contributed by atoms with Gasteiger partial charge in [-0.1, -0.05) is 0 Å². The van der Waals surface area contributed by atoms with Gasteiger partial charge in [0.05, 0.1) is 6.26 Å². The first-order valence-electron chi connectivity index (χ1n) is 5.41. The SMILES string of the molecule is CS(=O)(=O)N1CCN(c2ccc(C(=O)O)o2)CC1. The fourth-order valence-corrected chi connectivity index (χ4v) is 2.68. The van der Waals surface area contributed by atoms with Crippen LogP contribution in [0.1, 0.15) is 10.6 Å². The number of hydrogen-bond acceptors (Lipinski definition) is 5. The summed E-state index contributed by atoms with van der Waals surface area (Å²) >= 11 is 0. The Morgan fingerprint density at radius 1 is 1.28 bits per heavy atom.